The van der Waals surface area contributed by atoms with E-state index in [0.29, 0.717) is 12.8 Å². The van der Waals surface area contributed by atoms with E-state index in [-0.39, 0.29) is 23.9 Å². The Labute approximate surface area is 116 Å². The smallest absolute Gasteiger partial charge is 0.244 e. The lowest BCUT2D eigenvalue weighted by Gasteiger charge is -2.29. The van der Waals surface area contributed by atoms with Gasteiger partial charge in [-0.25, -0.2) is 12.8 Å². The predicted molar refractivity (Wildman–Crippen MR) is 68.7 cm³/mol. The summed E-state index contributed by atoms with van der Waals surface area (Å²) in [6, 6.07) is 5.09. The molecule has 0 aliphatic carbocycles. The molecule has 20 heavy (non-hydrogen) atoms. The lowest BCUT2D eigenvalue weighted by molar-refractivity contribution is -0.112. The highest BCUT2D eigenvalue weighted by Crippen LogP contribution is 2.26. The largest absolute Gasteiger partial charge is 0.303 e. The van der Waals surface area contributed by atoms with Gasteiger partial charge >= 0.3 is 0 Å². The Bertz CT molecular complexity index is 667. The first-order valence-electron chi connectivity index (χ1n) is 6.14. The average molecular weight is 296 g/mol. The summed E-state index contributed by atoms with van der Waals surface area (Å²) in [6.07, 6.45) is 1.95. The van der Waals surface area contributed by atoms with Crippen molar-refractivity contribution in [1.29, 1.82) is 5.26 Å². The minimum Gasteiger partial charge on any atom is -0.303 e. The van der Waals surface area contributed by atoms with Gasteiger partial charge in [-0.3, -0.25) is 0 Å². The van der Waals surface area contributed by atoms with Crippen molar-refractivity contribution in [2.45, 2.75) is 17.7 Å². The van der Waals surface area contributed by atoms with Crippen molar-refractivity contribution in [2.24, 2.45) is 5.92 Å². The minimum absolute atomic E-state index is 0.0766. The van der Waals surface area contributed by atoms with E-state index in [9.17, 15) is 17.6 Å². The number of nitriles is 1. The number of hydrogen-bond acceptors (Lipinski definition) is 4. The molecule has 0 spiro atoms. The van der Waals surface area contributed by atoms with Gasteiger partial charge in [-0.05, 0) is 25.0 Å². The molecule has 1 aliphatic heterocycles. The van der Waals surface area contributed by atoms with Crippen LogP contribution in [0, 0.1) is 23.1 Å². The fourth-order valence-corrected chi connectivity index (χ4v) is 3.96. The third-order valence-electron chi connectivity index (χ3n) is 3.32. The average Bonchev–Trinajstić information content (AvgIpc) is 2.47. The zero-order valence-electron chi connectivity index (χ0n) is 10.6. The van der Waals surface area contributed by atoms with Gasteiger partial charge in [-0.1, -0.05) is 6.07 Å². The summed E-state index contributed by atoms with van der Waals surface area (Å²) in [4.78, 5) is 10.5. The first-order valence-corrected chi connectivity index (χ1v) is 7.58. The number of carbonyl (C=O) groups is 1. The summed E-state index contributed by atoms with van der Waals surface area (Å²) < 4.78 is 39.6. The SMILES string of the molecule is N#Cc1c(F)cccc1S(=O)(=O)N1CCCC(C=O)C1. The molecule has 1 aliphatic rings. The summed E-state index contributed by atoms with van der Waals surface area (Å²) in [7, 11) is -3.96. The van der Waals surface area contributed by atoms with Crippen LogP contribution in [0.4, 0.5) is 4.39 Å². The van der Waals surface area contributed by atoms with E-state index in [0.717, 1.165) is 16.7 Å². The number of halogens is 1. The molecule has 1 fully saturated rings. The Morgan fingerprint density at radius 1 is 1.45 bits per heavy atom. The normalized spacial score (nSPS) is 20.3. The molecule has 0 amide bonds. The summed E-state index contributed by atoms with van der Waals surface area (Å²) in [6.45, 7) is 0.348. The predicted octanol–water partition coefficient (Wildman–Crippen LogP) is 1.30. The molecule has 1 saturated heterocycles. The van der Waals surface area contributed by atoms with Crippen LogP contribution in [0.5, 0.6) is 0 Å². The molecule has 106 valence electrons. The molecular formula is C13H13FN2O3S. The van der Waals surface area contributed by atoms with Gasteiger partial charge in [0.15, 0.2) is 0 Å². The van der Waals surface area contributed by atoms with Crippen LogP contribution in [0.3, 0.4) is 0 Å². The summed E-state index contributed by atoms with van der Waals surface area (Å²) in [5.41, 5.74) is -0.485. The summed E-state index contributed by atoms with van der Waals surface area (Å²) in [5.74, 6) is -1.21. The van der Waals surface area contributed by atoms with Gasteiger partial charge in [0.1, 0.15) is 28.6 Å². The molecular weight excluding hydrogens is 283 g/mol. The summed E-state index contributed by atoms with van der Waals surface area (Å²) >= 11 is 0. The van der Waals surface area contributed by atoms with Crippen molar-refractivity contribution in [3.8, 4) is 6.07 Å². The fourth-order valence-electron chi connectivity index (χ4n) is 2.27. The Morgan fingerprint density at radius 2 is 2.20 bits per heavy atom. The molecule has 1 aromatic rings. The highest BCUT2D eigenvalue weighted by atomic mass is 32.2. The molecule has 2 rings (SSSR count). The molecule has 0 radical (unpaired) electrons. The Hall–Kier alpha value is -1.78. The van der Waals surface area contributed by atoms with Crippen LogP contribution in [0.1, 0.15) is 18.4 Å². The number of benzene rings is 1. The fraction of sp³-hybridized carbons (Fsp3) is 0.385. The van der Waals surface area contributed by atoms with Crippen molar-refractivity contribution in [2.75, 3.05) is 13.1 Å². The van der Waals surface area contributed by atoms with Crippen LogP contribution in [-0.4, -0.2) is 32.1 Å². The van der Waals surface area contributed by atoms with Crippen LogP contribution in [-0.2, 0) is 14.8 Å². The Balaban J connectivity index is 2.43. The summed E-state index contributed by atoms with van der Waals surface area (Å²) in [5, 5.41) is 8.93. The molecule has 1 unspecified atom stereocenters. The second-order valence-electron chi connectivity index (χ2n) is 4.63. The highest BCUT2D eigenvalue weighted by Gasteiger charge is 2.32. The zero-order chi connectivity index (χ0) is 14.8. The second-order valence-corrected chi connectivity index (χ2v) is 6.53. The van der Waals surface area contributed by atoms with Crippen molar-refractivity contribution >= 4 is 16.3 Å². The van der Waals surface area contributed by atoms with Crippen LogP contribution in [0.2, 0.25) is 0 Å². The van der Waals surface area contributed by atoms with Gasteiger partial charge < -0.3 is 4.79 Å². The van der Waals surface area contributed by atoms with Gasteiger partial charge in [-0.2, -0.15) is 9.57 Å². The number of sulfonamides is 1. The monoisotopic (exact) mass is 296 g/mol. The zero-order valence-corrected chi connectivity index (χ0v) is 11.4. The number of carbonyl (C=O) groups excluding carboxylic acids is 1. The maximum atomic E-state index is 13.5. The molecule has 0 aromatic heterocycles. The molecule has 5 nitrogen and oxygen atoms in total. The van der Waals surface area contributed by atoms with E-state index in [2.05, 4.69) is 0 Å². The molecule has 1 aromatic carbocycles. The molecule has 1 atom stereocenters. The third kappa shape index (κ3) is 2.57. The molecule has 0 saturated carbocycles. The van der Waals surface area contributed by atoms with E-state index < -0.39 is 21.4 Å². The van der Waals surface area contributed by atoms with Gasteiger partial charge in [0.05, 0.1) is 0 Å². The van der Waals surface area contributed by atoms with E-state index in [1.807, 2.05) is 0 Å². The number of aldehydes is 1. The van der Waals surface area contributed by atoms with E-state index in [1.165, 1.54) is 12.1 Å². The Kier molecular flexibility index (Phi) is 4.16. The molecule has 0 bridgehead atoms. The van der Waals surface area contributed by atoms with E-state index in [4.69, 9.17) is 5.26 Å². The highest BCUT2D eigenvalue weighted by molar-refractivity contribution is 7.89. The lowest BCUT2D eigenvalue weighted by atomic mass is 10.0. The van der Waals surface area contributed by atoms with Crippen LogP contribution in [0.15, 0.2) is 23.1 Å². The number of rotatable bonds is 3. The topological polar surface area (TPSA) is 78.2 Å². The van der Waals surface area contributed by atoms with Gasteiger partial charge in [0, 0.05) is 19.0 Å². The number of nitrogens with zero attached hydrogens (tertiary/aromatic N) is 2. The minimum atomic E-state index is -3.96. The van der Waals surface area contributed by atoms with Gasteiger partial charge in [0.25, 0.3) is 0 Å². The second kappa shape index (κ2) is 5.69. The van der Waals surface area contributed by atoms with Crippen molar-refractivity contribution in [3.05, 3.63) is 29.6 Å². The number of hydrogen-bond donors (Lipinski definition) is 0. The van der Waals surface area contributed by atoms with E-state index in [1.54, 1.807) is 6.07 Å². The maximum absolute atomic E-state index is 13.5. The van der Waals surface area contributed by atoms with Gasteiger partial charge in [-0.15, -0.1) is 0 Å². The Morgan fingerprint density at radius 3 is 2.85 bits per heavy atom. The van der Waals surface area contributed by atoms with Crippen molar-refractivity contribution in [3.63, 3.8) is 0 Å². The van der Waals surface area contributed by atoms with Crippen molar-refractivity contribution in [1.82, 2.24) is 4.31 Å². The van der Waals surface area contributed by atoms with Crippen LogP contribution >= 0.6 is 0 Å². The molecule has 7 heteroatoms. The lowest BCUT2D eigenvalue weighted by Crippen LogP contribution is -2.40. The van der Waals surface area contributed by atoms with Crippen molar-refractivity contribution < 1.29 is 17.6 Å². The number of piperidine rings is 1. The maximum Gasteiger partial charge on any atom is 0.244 e. The molecule has 1 heterocycles. The van der Waals surface area contributed by atoms with Crippen LogP contribution in [0.25, 0.3) is 0 Å². The first kappa shape index (κ1) is 14.6. The quantitative estimate of drug-likeness (QED) is 0.788. The van der Waals surface area contributed by atoms with E-state index >= 15 is 0 Å². The van der Waals surface area contributed by atoms with Crippen LogP contribution < -0.4 is 0 Å². The standard InChI is InChI=1S/C13H13FN2O3S/c14-12-4-1-5-13(11(12)7-15)20(18,19)16-6-2-3-10(8-16)9-17/h1,4-5,9-10H,2-3,6,8H2. The third-order valence-corrected chi connectivity index (χ3v) is 5.23. The first-order chi connectivity index (χ1) is 9.50. The van der Waals surface area contributed by atoms with Gasteiger partial charge in [0.2, 0.25) is 10.0 Å². The molecule has 0 N–H and O–H groups in total.